The van der Waals surface area contributed by atoms with E-state index < -0.39 is 123 Å². The molecule has 24 heteroatoms. The summed E-state index contributed by atoms with van der Waals surface area (Å²) in [5.41, 5.74) is 7.52. The Kier molecular flexibility index (Phi) is 17.5. The molecule has 1 aliphatic heterocycles. The van der Waals surface area contributed by atoms with Gasteiger partial charge in [0.05, 0.1) is 28.4 Å². The van der Waals surface area contributed by atoms with Gasteiger partial charge in [-0.05, 0) is 143 Å². The van der Waals surface area contributed by atoms with Gasteiger partial charge in [-0.25, -0.2) is 18.4 Å². The molecule has 5 aliphatic carbocycles. The molecule has 4 aromatic rings. The summed E-state index contributed by atoms with van der Waals surface area (Å²) in [4.78, 5) is 88.5. The van der Waals surface area contributed by atoms with Crippen LogP contribution in [0.1, 0.15) is 152 Å². The molecule has 19 nitrogen and oxygen atoms in total. The van der Waals surface area contributed by atoms with Crippen molar-refractivity contribution >= 4 is 95.0 Å². The van der Waals surface area contributed by atoms with Gasteiger partial charge < -0.3 is 42.2 Å². The number of halogens is 3. The second kappa shape index (κ2) is 31.0. The smallest absolute Gasteiger partial charge is 0.272 e. The number of aryl methyl sites for hydroxylation is 1. The monoisotopic (exact) mass is 1180 g/mol. The summed E-state index contributed by atoms with van der Waals surface area (Å²) in [5, 5.41) is 26.9. The molecular formula is C58H70F3N11O8SSi. The van der Waals surface area contributed by atoms with Crippen molar-refractivity contribution in [2.24, 2.45) is 0 Å². The van der Waals surface area contributed by atoms with Gasteiger partial charge in [0.1, 0.15) is 52.1 Å². The zero-order valence-corrected chi connectivity index (χ0v) is 47.4. The third-order valence-electron chi connectivity index (χ3n) is 11.7. The summed E-state index contributed by atoms with van der Waals surface area (Å²) < 4.78 is 155. The van der Waals surface area contributed by atoms with E-state index in [4.69, 9.17) is 51.8 Å². The van der Waals surface area contributed by atoms with Gasteiger partial charge in [-0.3, -0.25) is 38.5 Å². The molecule has 6 aliphatic rings. The fraction of sp³-hybridized carbons (Fsp3) is 0.414. The van der Waals surface area contributed by atoms with Crippen LogP contribution in [0, 0.1) is 53.2 Å². The van der Waals surface area contributed by atoms with Gasteiger partial charge in [0, 0.05) is 101 Å². The molecule has 5 saturated carbocycles. The lowest BCUT2D eigenvalue weighted by atomic mass is 9.75. The van der Waals surface area contributed by atoms with Crippen LogP contribution in [0.4, 0.5) is 41.7 Å². The summed E-state index contributed by atoms with van der Waals surface area (Å²) in [6.45, 7) is 14.9. The zero-order chi connectivity index (χ0) is 75.5. The van der Waals surface area contributed by atoms with Gasteiger partial charge in [-0.2, -0.15) is 5.26 Å². The van der Waals surface area contributed by atoms with Crippen molar-refractivity contribution in [3.63, 3.8) is 0 Å². The Morgan fingerprint density at radius 3 is 1.59 bits per heavy atom. The highest BCUT2D eigenvalue weighted by molar-refractivity contribution is 7.81. The molecule has 1 unspecified atom stereocenters. The van der Waals surface area contributed by atoms with Crippen LogP contribution >= 0.6 is 12.2 Å². The molecule has 1 atom stereocenters. The van der Waals surface area contributed by atoms with Gasteiger partial charge in [0.2, 0.25) is 2.86 Å². The topological polar surface area (TPSA) is 296 Å². The highest BCUT2D eigenvalue weighted by atomic mass is 32.1. The lowest BCUT2D eigenvalue weighted by Gasteiger charge is -2.43. The summed E-state index contributed by atoms with van der Waals surface area (Å²) in [7, 11) is 2.86. The van der Waals surface area contributed by atoms with Crippen molar-refractivity contribution in [1.29, 1.82) is 13.4 Å². The maximum absolute atomic E-state index is 14.7. The Labute approximate surface area is 505 Å². The highest BCUT2D eigenvalue weighted by Gasteiger charge is 2.60. The van der Waals surface area contributed by atoms with Crippen molar-refractivity contribution in [3.05, 3.63) is 118 Å². The maximum atomic E-state index is 14.7. The van der Waals surface area contributed by atoms with Gasteiger partial charge in [-0.1, -0.05) is 26.2 Å². The van der Waals surface area contributed by atoms with E-state index in [1.54, 1.807) is 19.1 Å². The lowest BCUT2D eigenvalue weighted by molar-refractivity contribution is -0.124. The Morgan fingerprint density at radius 1 is 0.768 bits per heavy atom. The molecule has 3 aromatic carbocycles. The number of benzene rings is 3. The van der Waals surface area contributed by atoms with Gasteiger partial charge in [0.15, 0.2) is 13.2 Å². The van der Waals surface area contributed by atoms with Crippen LogP contribution in [-0.2, 0) is 19.2 Å². The van der Waals surface area contributed by atoms with E-state index in [2.05, 4.69) is 42.3 Å². The number of hydrogen-bond donors (Lipinski definition) is 5. The number of ketones is 3. The number of thiocarbonyl (C=S) groups is 1. The molecule has 1 spiro atoms. The fourth-order valence-corrected chi connectivity index (χ4v) is 7.21. The van der Waals surface area contributed by atoms with E-state index in [9.17, 15) is 52.0 Å². The molecular weight excluding hydrogens is 1100 g/mol. The maximum Gasteiger partial charge on any atom is 0.272 e. The van der Waals surface area contributed by atoms with Gasteiger partial charge in [-0.15, -0.1) is 4.98 Å². The molecule has 1 saturated heterocycles. The van der Waals surface area contributed by atoms with Crippen molar-refractivity contribution in [3.8, 4) is 11.8 Å². The first kappa shape index (κ1) is 46.3. The minimum atomic E-state index is -2.11. The van der Waals surface area contributed by atoms with Crippen LogP contribution in [-0.4, -0.2) is 99.7 Å². The summed E-state index contributed by atoms with van der Waals surface area (Å²) in [6, 6.07) is 14.4. The van der Waals surface area contributed by atoms with E-state index in [1.807, 2.05) is 19.6 Å². The third kappa shape index (κ3) is 18.1. The first-order valence-electron chi connectivity index (χ1n) is 32.4. The van der Waals surface area contributed by atoms with E-state index in [0.717, 1.165) is 37.5 Å². The third-order valence-corrected chi connectivity index (χ3v) is 12.7. The fourth-order valence-electron chi connectivity index (χ4n) is 6.76. The number of carbonyl (C=O) groups is 7. The standard InChI is InChI=1S/C21H18FN5O2S.C13H14FN3O.C8H9FN2O.C4H9NSi.3C4H6O.H2O/c1-12-9-14(11-25-17(12)23-2)26-19(29)21(7-4-8-21)27(20(26)30)13-5-6-15(16(22)10-13)18(28)24-3;1-16-12(18)10-4-3-9(7-11(10)14)17-13(8-15)5-2-6-13;1-11-8(12)6-3-2-5(10)4-7(6)9;1-6(2,3)4-5;3*5-4-2-1-3-4;/h5-6,9-11H,4,7-8H2,1,3H3,(H,24,28);3-4,7,17H,2,5-6H2,1H3,(H,16,18);2-4H,10H2,1H3,(H,11,12);1-3H3;3*1-3H2;1H2/i7D2;5D2,6D2;;;2*2D2,3D2;;/hD2. The molecule has 4 amide bonds. The molecule has 0 radical (unpaired) electrons. The number of hydrogen-bond acceptors (Lipinski definition) is 13. The first-order chi connectivity index (χ1) is 44.9. The number of aromatic nitrogens is 1. The number of rotatable bonds is 7. The van der Waals surface area contributed by atoms with Crippen molar-refractivity contribution < 1.29 is 71.4 Å². The number of Topliss-reactive ketones (excluding diaryl/α,β-unsaturated/α-hetero) is 3. The number of anilines is 4. The number of nitriles is 2. The second-order valence-corrected chi connectivity index (χ2v) is 23.7. The number of nitrogens with zero attached hydrogens (tertiary/aromatic N) is 6. The molecule has 2 heterocycles. The predicted octanol–water partition coefficient (Wildman–Crippen LogP) is 9.09. The quantitative estimate of drug-likeness (QED) is 0.0499. The van der Waals surface area contributed by atoms with Crippen LogP contribution in [0.25, 0.3) is 4.85 Å². The van der Waals surface area contributed by atoms with Crippen molar-refractivity contribution in [1.82, 2.24) is 20.9 Å². The van der Waals surface area contributed by atoms with Crippen LogP contribution in [0.3, 0.4) is 0 Å². The van der Waals surface area contributed by atoms with Crippen molar-refractivity contribution in [2.45, 2.75) is 134 Å². The normalized spacial score (nSPS) is 24.3. The average molecular weight is 1180 g/mol. The van der Waals surface area contributed by atoms with Crippen LogP contribution in [0.15, 0.2) is 66.9 Å². The number of nitrogens with two attached hydrogens (primary N) is 1. The van der Waals surface area contributed by atoms with E-state index >= 15 is 0 Å². The largest absolute Gasteiger partial charge is 0.412 e. The molecule has 8 N–H and O–H groups in total. The lowest BCUT2D eigenvalue weighted by Crippen LogP contribution is -2.55. The Balaban J connectivity index is 0.000000326. The van der Waals surface area contributed by atoms with E-state index in [-0.39, 0.29) is 64.7 Å². The molecule has 6 fully saturated rings. The number of amides is 4. The van der Waals surface area contributed by atoms with Gasteiger partial charge >= 0.3 is 0 Å². The summed E-state index contributed by atoms with van der Waals surface area (Å²) in [5.74, 6) is -5.74. The Bertz CT molecular complexity index is 3790. The molecule has 82 heavy (non-hydrogen) atoms. The SMILES string of the molecule is CNC(=O)c1ccc(N)cc1F.C[Si](C)(C)C#N.O=C1CCC1.[2H]C1([2H])CC([2H])([2H])C1(C#N)Nc1ccc(C(=O)NC)c(F)c1.[2H]C1([2H])CC([2H])([2H])C1=O.[2H]C1([2H])CC([2H])([2H])C1=O.[2H]C1([2H])CCC12C(=O)N(c1cnc([N+]#[C-])c(C)c1)C(=S)N2c1ccc(C(=O)NC)c(F)c1.[2H]O[2H]. The van der Waals surface area contributed by atoms with Gasteiger partial charge in [0.25, 0.3) is 29.4 Å². The molecule has 436 valence electrons. The molecule has 10 rings (SSSR count). The van der Waals surface area contributed by atoms with Crippen LogP contribution in [0.5, 0.6) is 0 Å². The second-order valence-electron chi connectivity index (χ2n) is 18.6. The number of pyridine rings is 1. The van der Waals surface area contributed by atoms with E-state index in [0.29, 0.717) is 22.7 Å². The van der Waals surface area contributed by atoms with Crippen molar-refractivity contribution in [2.75, 3.05) is 42.0 Å². The predicted molar refractivity (Wildman–Crippen MR) is 313 cm³/mol. The Morgan fingerprint density at radius 2 is 1.26 bits per heavy atom. The molecule has 1 aromatic heterocycles. The first-order valence-corrected chi connectivity index (χ1v) is 28.5. The number of nitrogens with one attached hydrogen (secondary N) is 4. The molecule has 0 bridgehead atoms. The summed E-state index contributed by atoms with van der Waals surface area (Å²) in [6.07, 6.45) is -10.2. The number of nitrogen functional groups attached to an aromatic ring is 1. The Hall–Kier alpha value is -8.37. The number of carbonyl (C=O) groups excluding carboxylic acids is 7. The van der Waals surface area contributed by atoms with Crippen LogP contribution in [0.2, 0.25) is 19.6 Å². The minimum Gasteiger partial charge on any atom is -0.412 e. The average Bonchev–Trinajstić information content (AvgIpc) is 1.30. The van der Waals surface area contributed by atoms with Crippen LogP contribution < -0.4 is 36.8 Å². The minimum absolute atomic E-state index is 0.00620. The zero-order valence-electron chi connectivity index (χ0n) is 61.6. The highest BCUT2D eigenvalue weighted by Crippen LogP contribution is 2.48. The summed E-state index contributed by atoms with van der Waals surface area (Å²) >= 11 is 5.58. The van der Waals surface area contributed by atoms with E-state index in [1.165, 1.54) is 73.5 Å².